The summed E-state index contributed by atoms with van der Waals surface area (Å²) in [6.07, 6.45) is 0.0821. The van der Waals surface area contributed by atoms with Crippen molar-refractivity contribution in [3.8, 4) is 0 Å². The molecule has 18 heavy (non-hydrogen) atoms. The van der Waals surface area contributed by atoms with Crippen molar-refractivity contribution in [1.82, 2.24) is 5.32 Å². The summed E-state index contributed by atoms with van der Waals surface area (Å²) in [7, 11) is 0. The molecule has 0 aromatic carbocycles. The molecular formula is C12H25BNO4-. The standard InChI is InChI=1S/C12H25BNO4/c1-10(2)11-12(3,4)9-17-13(18-11)15-7-5-14-6-8-16-13/h10-11,14H,5-9H2,1-4H3/q-1. The second kappa shape index (κ2) is 5.47. The summed E-state index contributed by atoms with van der Waals surface area (Å²) in [6, 6.07) is 0. The highest BCUT2D eigenvalue weighted by Crippen LogP contribution is 2.37. The summed E-state index contributed by atoms with van der Waals surface area (Å²) in [5.41, 5.74) is -0.0193. The van der Waals surface area contributed by atoms with Crippen molar-refractivity contribution < 1.29 is 18.6 Å². The third kappa shape index (κ3) is 3.06. The maximum absolute atomic E-state index is 6.10. The van der Waals surface area contributed by atoms with Crippen molar-refractivity contribution in [3.05, 3.63) is 0 Å². The van der Waals surface area contributed by atoms with Crippen LogP contribution in [0.2, 0.25) is 0 Å². The van der Waals surface area contributed by atoms with E-state index in [1.807, 2.05) is 0 Å². The molecule has 0 radical (unpaired) electrons. The Balaban J connectivity index is 2.09. The topological polar surface area (TPSA) is 49.0 Å². The molecule has 0 aliphatic carbocycles. The van der Waals surface area contributed by atoms with Gasteiger partial charge in [-0.1, -0.05) is 27.7 Å². The van der Waals surface area contributed by atoms with Crippen molar-refractivity contribution in [2.24, 2.45) is 11.3 Å². The minimum atomic E-state index is -2.02. The molecule has 1 atom stereocenters. The quantitative estimate of drug-likeness (QED) is 0.715. The van der Waals surface area contributed by atoms with Crippen molar-refractivity contribution in [2.45, 2.75) is 33.8 Å². The predicted octanol–water partition coefficient (Wildman–Crippen LogP) is 1.16. The average Bonchev–Trinajstić information content (AvgIpc) is 2.26. The molecule has 1 N–H and O–H groups in total. The fraction of sp³-hybridized carbons (Fsp3) is 1.00. The molecule has 0 amide bonds. The van der Waals surface area contributed by atoms with E-state index in [4.69, 9.17) is 18.6 Å². The maximum atomic E-state index is 6.10. The molecule has 2 aliphatic heterocycles. The van der Waals surface area contributed by atoms with Crippen molar-refractivity contribution in [2.75, 3.05) is 32.9 Å². The Morgan fingerprint density at radius 2 is 1.72 bits per heavy atom. The number of rotatable bonds is 1. The lowest BCUT2D eigenvalue weighted by Gasteiger charge is -2.55. The van der Waals surface area contributed by atoms with Gasteiger partial charge in [-0.05, 0) is 5.92 Å². The zero-order valence-corrected chi connectivity index (χ0v) is 11.9. The largest absolute Gasteiger partial charge is 0.531 e. The number of nitrogens with one attached hydrogen (secondary N) is 1. The van der Waals surface area contributed by atoms with Gasteiger partial charge in [0.05, 0.1) is 0 Å². The zero-order valence-electron chi connectivity index (χ0n) is 11.9. The summed E-state index contributed by atoms with van der Waals surface area (Å²) in [5.74, 6) is 0.401. The van der Waals surface area contributed by atoms with Gasteiger partial charge in [-0.3, -0.25) is 0 Å². The lowest BCUT2D eigenvalue weighted by atomic mass is 9.77. The highest BCUT2D eigenvalue weighted by molar-refractivity contribution is 6.53. The average molecular weight is 258 g/mol. The van der Waals surface area contributed by atoms with E-state index < -0.39 is 6.96 Å². The van der Waals surface area contributed by atoms with E-state index >= 15 is 0 Å². The Kier molecular flexibility index (Phi) is 4.34. The van der Waals surface area contributed by atoms with Gasteiger partial charge < -0.3 is 23.9 Å². The summed E-state index contributed by atoms with van der Waals surface area (Å²) < 4.78 is 23.3. The van der Waals surface area contributed by atoms with Crippen molar-refractivity contribution >= 4 is 6.96 Å². The van der Waals surface area contributed by atoms with E-state index in [1.54, 1.807) is 0 Å². The first-order valence-corrected chi connectivity index (χ1v) is 6.88. The second-order valence-corrected chi connectivity index (χ2v) is 6.17. The third-order valence-electron chi connectivity index (χ3n) is 3.55. The molecule has 0 aromatic heterocycles. The van der Waals surface area contributed by atoms with Gasteiger partial charge in [0.25, 0.3) is 0 Å². The van der Waals surface area contributed by atoms with Gasteiger partial charge in [-0.2, -0.15) is 0 Å². The lowest BCUT2D eigenvalue weighted by molar-refractivity contribution is -0.155. The van der Waals surface area contributed by atoms with Crippen LogP contribution in [0.25, 0.3) is 0 Å². The normalized spacial score (nSPS) is 32.2. The fourth-order valence-electron chi connectivity index (χ4n) is 2.76. The van der Waals surface area contributed by atoms with Gasteiger partial charge in [0, 0.05) is 44.4 Å². The molecule has 2 rings (SSSR count). The van der Waals surface area contributed by atoms with Gasteiger partial charge in [0.1, 0.15) is 0 Å². The van der Waals surface area contributed by atoms with Crippen molar-refractivity contribution in [3.63, 3.8) is 0 Å². The summed E-state index contributed by atoms with van der Waals surface area (Å²) in [5, 5.41) is 3.21. The predicted molar refractivity (Wildman–Crippen MR) is 70.0 cm³/mol. The van der Waals surface area contributed by atoms with Crippen LogP contribution in [0.15, 0.2) is 0 Å². The molecule has 2 fully saturated rings. The van der Waals surface area contributed by atoms with Gasteiger partial charge in [-0.15, -0.1) is 0 Å². The molecule has 0 saturated carbocycles. The summed E-state index contributed by atoms with van der Waals surface area (Å²) >= 11 is 0. The number of hydrogen-bond acceptors (Lipinski definition) is 5. The minimum absolute atomic E-state index is 0.0193. The Morgan fingerprint density at radius 3 is 2.28 bits per heavy atom. The smallest absolute Gasteiger partial charge is 0.518 e. The van der Waals surface area contributed by atoms with E-state index in [-0.39, 0.29) is 11.5 Å². The zero-order chi connectivity index (χ0) is 13.2. The number of hydrogen-bond donors (Lipinski definition) is 1. The molecule has 5 nitrogen and oxygen atoms in total. The SMILES string of the molecule is CC(C)C1O[B-]2(OCCNCCO2)OCC1(C)C. The highest BCUT2D eigenvalue weighted by Gasteiger charge is 2.46. The van der Waals surface area contributed by atoms with Gasteiger partial charge >= 0.3 is 6.96 Å². The molecule has 1 spiro atoms. The van der Waals surface area contributed by atoms with Gasteiger partial charge in [-0.25, -0.2) is 0 Å². The molecular weight excluding hydrogens is 233 g/mol. The Hall–Kier alpha value is -0.135. The third-order valence-corrected chi connectivity index (χ3v) is 3.55. The first-order chi connectivity index (χ1) is 8.45. The maximum Gasteiger partial charge on any atom is 0.531 e. The van der Waals surface area contributed by atoms with E-state index in [2.05, 4.69) is 33.0 Å². The van der Waals surface area contributed by atoms with Gasteiger partial charge in [0.2, 0.25) is 0 Å². The molecule has 6 heteroatoms. The Bertz CT molecular complexity index is 277. The first kappa shape index (κ1) is 14.3. The second-order valence-electron chi connectivity index (χ2n) is 6.17. The van der Waals surface area contributed by atoms with Crippen LogP contribution in [-0.4, -0.2) is 46.0 Å². The molecule has 2 heterocycles. The first-order valence-electron chi connectivity index (χ1n) is 6.88. The van der Waals surface area contributed by atoms with Gasteiger partial charge in [0.15, 0.2) is 0 Å². The lowest BCUT2D eigenvalue weighted by Crippen LogP contribution is -2.63. The monoisotopic (exact) mass is 258 g/mol. The highest BCUT2D eigenvalue weighted by atomic mass is 16.9. The fourth-order valence-corrected chi connectivity index (χ4v) is 2.76. The molecule has 0 aromatic rings. The van der Waals surface area contributed by atoms with Crippen LogP contribution in [0, 0.1) is 11.3 Å². The molecule has 1 unspecified atom stereocenters. The van der Waals surface area contributed by atoms with Crippen LogP contribution in [0.1, 0.15) is 27.7 Å². The van der Waals surface area contributed by atoms with E-state index in [0.29, 0.717) is 25.7 Å². The summed E-state index contributed by atoms with van der Waals surface area (Å²) in [4.78, 5) is 0. The van der Waals surface area contributed by atoms with Crippen LogP contribution >= 0.6 is 0 Å². The summed E-state index contributed by atoms with van der Waals surface area (Å²) in [6.45, 7) is 9.91. The molecule has 106 valence electrons. The van der Waals surface area contributed by atoms with E-state index in [1.165, 1.54) is 0 Å². The van der Waals surface area contributed by atoms with E-state index in [9.17, 15) is 0 Å². The van der Waals surface area contributed by atoms with Crippen LogP contribution in [0.3, 0.4) is 0 Å². The van der Waals surface area contributed by atoms with Crippen LogP contribution in [0.5, 0.6) is 0 Å². The van der Waals surface area contributed by atoms with Crippen LogP contribution in [-0.2, 0) is 18.6 Å². The van der Waals surface area contributed by atoms with Crippen LogP contribution in [0.4, 0.5) is 0 Å². The Morgan fingerprint density at radius 1 is 1.11 bits per heavy atom. The van der Waals surface area contributed by atoms with E-state index in [0.717, 1.165) is 13.1 Å². The van der Waals surface area contributed by atoms with Crippen molar-refractivity contribution in [1.29, 1.82) is 0 Å². The molecule has 2 aliphatic rings. The molecule has 2 saturated heterocycles. The van der Waals surface area contributed by atoms with Crippen LogP contribution < -0.4 is 5.32 Å². The Labute approximate surface area is 110 Å². The molecule has 0 bridgehead atoms. The minimum Gasteiger partial charge on any atom is -0.518 e.